The molecule has 6 heteroatoms. The topological polar surface area (TPSA) is 68.3 Å². The lowest BCUT2D eigenvalue weighted by molar-refractivity contribution is -0.119. The molecule has 3 rings (SSSR count). The van der Waals surface area contributed by atoms with Gasteiger partial charge in [-0.25, -0.2) is 9.78 Å². The number of aromatic nitrogens is 1. The standard InChI is InChI=1S/C18H17ClN2O3/c19-17-15(6-3-9-20-17)21-16(22)11-24-18(23)14-8-7-12-4-1-2-5-13(12)10-14/h3,6-10H,1-2,4-5,11H2,(H,21,22). The molecule has 124 valence electrons. The summed E-state index contributed by atoms with van der Waals surface area (Å²) < 4.78 is 5.08. The molecule has 1 N–H and O–H groups in total. The van der Waals surface area contributed by atoms with E-state index in [2.05, 4.69) is 10.3 Å². The van der Waals surface area contributed by atoms with Crippen molar-refractivity contribution >= 4 is 29.2 Å². The SMILES string of the molecule is O=C(COC(=O)c1ccc2c(c1)CCCC2)Nc1cccnc1Cl. The van der Waals surface area contributed by atoms with Crippen molar-refractivity contribution in [2.24, 2.45) is 0 Å². The summed E-state index contributed by atoms with van der Waals surface area (Å²) in [5.74, 6) is -0.966. The summed E-state index contributed by atoms with van der Waals surface area (Å²) in [4.78, 5) is 27.8. The van der Waals surface area contributed by atoms with Crippen LogP contribution in [-0.2, 0) is 22.4 Å². The van der Waals surface area contributed by atoms with Crippen molar-refractivity contribution in [1.29, 1.82) is 0 Å². The van der Waals surface area contributed by atoms with Crippen molar-refractivity contribution in [2.75, 3.05) is 11.9 Å². The molecule has 0 atom stereocenters. The van der Waals surface area contributed by atoms with Crippen molar-refractivity contribution in [3.05, 3.63) is 58.4 Å². The summed E-state index contributed by atoms with van der Waals surface area (Å²) in [6, 6.07) is 8.87. The molecule has 0 bridgehead atoms. The van der Waals surface area contributed by atoms with E-state index in [0.29, 0.717) is 11.3 Å². The minimum absolute atomic E-state index is 0.187. The number of nitrogens with one attached hydrogen (secondary N) is 1. The summed E-state index contributed by atoms with van der Waals surface area (Å²) in [6.45, 7) is -0.374. The van der Waals surface area contributed by atoms with Gasteiger partial charge < -0.3 is 10.1 Å². The van der Waals surface area contributed by atoms with Crippen molar-refractivity contribution in [1.82, 2.24) is 4.98 Å². The highest BCUT2D eigenvalue weighted by Gasteiger charge is 2.15. The molecule has 2 aromatic rings. The van der Waals surface area contributed by atoms with E-state index in [9.17, 15) is 9.59 Å². The lowest BCUT2D eigenvalue weighted by Gasteiger charge is -2.16. The molecular weight excluding hydrogens is 328 g/mol. The lowest BCUT2D eigenvalue weighted by atomic mass is 9.90. The fourth-order valence-electron chi connectivity index (χ4n) is 2.74. The predicted octanol–water partition coefficient (Wildman–Crippen LogP) is 3.41. The van der Waals surface area contributed by atoms with E-state index in [1.165, 1.54) is 23.7 Å². The van der Waals surface area contributed by atoms with E-state index in [1.807, 2.05) is 12.1 Å². The fourth-order valence-corrected chi connectivity index (χ4v) is 2.91. The third-order valence-electron chi connectivity index (χ3n) is 3.95. The van der Waals surface area contributed by atoms with Gasteiger partial charge >= 0.3 is 5.97 Å². The van der Waals surface area contributed by atoms with Crippen LogP contribution in [0, 0.1) is 0 Å². The monoisotopic (exact) mass is 344 g/mol. The highest BCUT2D eigenvalue weighted by atomic mass is 35.5. The molecule has 24 heavy (non-hydrogen) atoms. The number of nitrogens with zero attached hydrogens (tertiary/aromatic N) is 1. The van der Waals surface area contributed by atoms with E-state index in [4.69, 9.17) is 16.3 Å². The quantitative estimate of drug-likeness (QED) is 0.681. The Kier molecular flexibility index (Phi) is 5.11. The Morgan fingerprint density at radius 3 is 2.75 bits per heavy atom. The Hall–Kier alpha value is -2.40. The second-order valence-corrected chi connectivity index (χ2v) is 6.01. The first kappa shape index (κ1) is 16.5. The number of hydrogen-bond acceptors (Lipinski definition) is 4. The van der Waals surface area contributed by atoms with Gasteiger partial charge in [0.25, 0.3) is 5.91 Å². The molecule has 0 fully saturated rings. The number of aryl methyl sites for hydroxylation is 2. The minimum Gasteiger partial charge on any atom is -0.452 e. The number of anilines is 1. The number of carbonyl (C=O) groups excluding carboxylic acids is 2. The second-order valence-electron chi connectivity index (χ2n) is 5.66. The van der Waals surface area contributed by atoms with Crippen LogP contribution < -0.4 is 5.32 Å². The van der Waals surface area contributed by atoms with Gasteiger partial charge in [-0.2, -0.15) is 0 Å². The first-order valence-corrected chi connectivity index (χ1v) is 8.20. The van der Waals surface area contributed by atoms with Crippen LogP contribution in [0.4, 0.5) is 5.69 Å². The average Bonchev–Trinajstić information content (AvgIpc) is 2.61. The van der Waals surface area contributed by atoms with Gasteiger partial charge in [0.2, 0.25) is 0 Å². The van der Waals surface area contributed by atoms with Crippen LogP contribution in [-0.4, -0.2) is 23.5 Å². The molecule has 0 saturated carbocycles. The number of fused-ring (bicyclic) bond motifs is 1. The van der Waals surface area contributed by atoms with Crippen LogP contribution in [0.1, 0.15) is 34.3 Å². The molecule has 1 aliphatic carbocycles. The molecule has 1 aliphatic rings. The van der Waals surface area contributed by atoms with Crippen LogP contribution in [0.25, 0.3) is 0 Å². The van der Waals surface area contributed by atoms with Gasteiger partial charge in [0, 0.05) is 6.20 Å². The zero-order valence-electron chi connectivity index (χ0n) is 13.0. The number of carbonyl (C=O) groups is 2. The largest absolute Gasteiger partial charge is 0.452 e. The molecule has 1 aromatic heterocycles. The number of esters is 1. The number of rotatable bonds is 4. The number of ether oxygens (including phenoxy) is 1. The van der Waals surface area contributed by atoms with Crippen molar-refractivity contribution in [3.8, 4) is 0 Å². The summed E-state index contributed by atoms with van der Waals surface area (Å²) >= 11 is 5.86. The van der Waals surface area contributed by atoms with E-state index in [-0.39, 0.29) is 11.8 Å². The number of hydrogen-bond donors (Lipinski definition) is 1. The molecule has 0 aliphatic heterocycles. The van der Waals surface area contributed by atoms with Crippen molar-refractivity contribution in [3.63, 3.8) is 0 Å². The normalized spacial score (nSPS) is 13.0. The highest BCUT2D eigenvalue weighted by molar-refractivity contribution is 6.32. The molecule has 1 heterocycles. The van der Waals surface area contributed by atoms with Crippen LogP contribution in [0.5, 0.6) is 0 Å². The van der Waals surface area contributed by atoms with Gasteiger partial charge in [-0.3, -0.25) is 4.79 Å². The summed E-state index contributed by atoms with van der Waals surface area (Å²) in [5.41, 5.74) is 3.35. The van der Waals surface area contributed by atoms with E-state index in [0.717, 1.165) is 19.3 Å². The molecule has 0 saturated heterocycles. The Labute approximate surface area is 145 Å². The number of pyridine rings is 1. The van der Waals surface area contributed by atoms with Gasteiger partial charge in [0.1, 0.15) is 0 Å². The highest BCUT2D eigenvalue weighted by Crippen LogP contribution is 2.22. The maximum Gasteiger partial charge on any atom is 0.338 e. The Morgan fingerprint density at radius 1 is 1.17 bits per heavy atom. The molecule has 0 spiro atoms. The van der Waals surface area contributed by atoms with Gasteiger partial charge in [-0.1, -0.05) is 17.7 Å². The predicted molar refractivity (Wildman–Crippen MR) is 91.2 cm³/mol. The molecule has 0 radical (unpaired) electrons. The van der Waals surface area contributed by atoms with Gasteiger partial charge in [0.15, 0.2) is 11.8 Å². The molecule has 0 unspecified atom stereocenters. The number of amides is 1. The zero-order valence-corrected chi connectivity index (χ0v) is 13.8. The summed E-state index contributed by atoms with van der Waals surface area (Å²) in [5, 5.41) is 2.74. The molecule has 1 amide bonds. The van der Waals surface area contributed by atoms with Gasteiger partial charge in [-0.05, 0) is 61.1 Å². The Balaban J connectivity index is 1.57. The van der Waals surface area contributed by atoms with Crippen molar-refractivity contribution < 1.29 is 14.3 Å². The zero-order chi connectivity index (χ0) is 16.9. The summed E-state index contributed by atoms with van der Waals surface area (Å²) in [7, 11) is 0. The van der Waals surface area contributed by atoms with Crippen LogP contribution in [0.15, 0.2) is 36.5 Å². The Bertz CT molecular complexity index is 777. The number of benzene rings is 1. The lowest BCUT2D eigenvalue weighted by Crippen LogP contribution is -2.21. The molecule has 5 nitrogen and oxygen atoms in total. The third-order valence-corrected chi connectivity index (χ3v) is 4.25. The first-order valence-electron chi connectivity index (χ1n) is 7.83. The van der Waals surface area contributed by atoms with Crippen LogP contribution >= 0.6 is 11.6 Å². The number of halogens is 1. The smallest absolute Gasteiger partial charge is 0.338 e. The van der Waals surface area contributed by atoms with Crippen LogP contribution in [0.3, 0.4) is 0 Å². The fraction of sp³-hybridized carbons (Fsp3) is 0.278. The Morgan fingerprint density at radius 2 is 1.96 bits per heavy atom. The van der Waals surface area contributed by atoms with E-state index >= 15 is 0 Å². The molecule has 1 aromatic carbocycles. The third kappa shape index (κ3) is 3.92. The van der Waals surface area contributed by atoms with Gasteiger partial charge in [0.05, 0.1) is 11.3 Å². The summed E-state index contributed by atoms with van der Waals surface area (Å²) in [6.07, 6.45) is 5.89. The van der Waals surface area contributed by atoms with E-state index < -0.39 is 11.9 Å². The average molecular weight is 345 g/mol. The first-order chi connectivity index (χ1) is 11.6. The van der Waals surface area contributed by atoms with Gasteiger partial charge in [-0.15, -0.1) is 0 Å². The van der Waals surface area contributed by atoms with Crippen LogP contribution in [0.2, 0.25) is 5.15 Å². The maximum atomic E-state index is 12.1. The maximum absolute atomic E-state index is 12.1. The van der Waals surface area contributed by atoms with Crippen molar-refractivity contribution in [2.45, 2.75) is 25.7 Å². The van der Waals surface area contributed by atoms with E-state index in [1.54, 1.807) is 18.2 Å². The molecular formula is C18H17ClN2O3. The second kappa shape index (κ2) is 7.45. The minimum atomic E-state index is -0.504.